The van der Waals surface area contributed by atoms with Gasteiger partial charge < -0.3 is 4.74 Å². The number of hydrogen-bond donors (Lipinski definition) is 0. The van der Waals surface area contributed by atoms with E-state index in [0.29, 0.717) is 27.9 Å². The normalized spacial score (nSPS) is 17.2. The third-order valence-corrected chi connectivity index (χ3v) is 5.05. The number of aromatic nitrogens is 1. The van der Waals surface area contributed by atoms with Gasteiger partial charge in [-0.25, -0.2) is 4.39 Å². The summed E-state index contributed by atoms with van der Waals surface area (Å²) >= 11 is 1.09. The fourth-order valence-electron chi connectivity index (χ4n) is 2.69. The molecule has 1 saturated heterocycles. The zero-order valence-electron chi connectivity index (χ0n) is 13.2. The van der Waals surface area contributed by atoms with Gasteiger partial charge in [-0.1, -0.05) is 12.1 Å². The lowest BCUT2D eigenvalue weighted by Crippen LogP contribution is -2.35. The molecule has 1 aliphatic rings. The Balaban J connectivity index is 2.17. The molecule has 7 heteroatoms. The lowest BCUT2D eigenvalue weighted by Gasteiger charge is -2.09. The van der Waals surface area contributed by atoms with E-state index in [-0.39, 0.29) is 23.1 Å². The fraction of sp³-hybridized carbons (Fsp3) is 0.278. The van der Waals surface area contributed by atoms with Crippen LogP contribution in [0.15, 0.2) is 29.1 Å². The van der Waals surface area contributed by atoms with E-state index >= 15 is 0 Å². The molecule has 3 rings (SSSR count). The van der Waals surface area contributed by atoms with Crippen molar-refractivity contribution in [3.8, 4) is 12.1 Å². The number of nitrogens with zero attached hydrogens (tertiary/aromatic N) is 3. The Morgan fingerprint density at radius 3 is 2.68 bits per heavy atom. The lowest BCUT2D eigenvalue weighted by atomic mass is 10.2. The van der Waals surface area contributed by atoms with E-state index in [1.165, 1.54) is 16.7 Å². The Morgan fingerprint density at radius 1 is 1.36 bits per heavy atom. The minimum Gasteiger partial charge on any atom is -0.376 e. The van der Waals surface area contributed by atoms with E-state index in [1.54, 1.807) is 18.2 Å². The Kier molecular flexibility index (Phi) is 5.08. The molecule has 0 N–H and O–H groups in total. The number of rotatable bonds is 3. The van der Waals surface area contributed by atoms with Gasteiger partial charge >= 0.3 is 0 Å². The maximum absolute atomic E-state index is 13.0. The van der Waals surface area contributed by atoms with Crippen LogP contribution in [-0.2, 0) is 11.3 Å². The summed E-state index contributed by atoms with van der Waals surface area (Å²) in [7, 11) is 0. The van der Waals surface area contributed by atoms with Crippen molar-refractivity contribution in [1.29, 1.82) is 10.5 Å². The van der Waals surface area contributed by atoms with E-state index < -0.39 is 0 Å². The second-order valence-electron chi connectivity index (χ2n) is 5.62. The minimum absolute atomic E-state index is 0.0941. The fourth-order valence-corrected chi connectivity index (χ4v) is 3.76. The smallest absolute Gasteiger partial charge is 0.269 e. The largest absolute Gasteiger partial charge is 0.376 e. The molecule has 1 atom stereocenters. The molecule has 1 aliphatic heterocycles. The predicted molar refractivity (Wildman–Crippen MR) is 91.4 cm³/mol. The van der Waals surface area contributed by atoms with Crippen LogP contribution in [0.5, 0.6) is 0 Å². The van der Waals surface area contributed by atoms with Gasteiger partial charge in [-0.3, -0.25) is 9.36 Å². The van der Waals surface area contributed by atoms with E-state index in [1.807, 2.05) is 12.1 Å². The Bertz CT molecular complexity index is 1020. The number of thiazole rings is 1. The van der Waals surface area contributed by atoms with E-state index in [0.717, 1.165) is 24.2 Å². The number of ether oxygens (including phenoxy) is 1. The molecule has 1 aromatic carbocycles. The predicted octanol–water partition coefficient (Wildman–Crippen LogP) is 1.25. The van der Waals surface area contributed by atoms with Crippen molar-refractivity contribution >= 4 is 23.0 Å². The number of benzene rings is 1. The van der Waals surface area contributed by atoms with Crippen LogP contribution in [0.2, 0.25) is 0 Å². The summed E-state index contributed by atoms with van der Waals surface area (Å²) in [6.45, 7) is 0.968. The molecule has 0 saturated carbocycles. The van der Waals surface area contributed by atoms with Gasteiger partial charge in [-0.05, 0) is 36.6 Å². The van der Waals surface area contributed by atoms with E-state index in [4.69, 9.17) is 4.74 Å². The monoisotopic (exact) mass is 355 g/mol. The highest BCUT2D eigenvalue weighted by atomic mass is 32.1. The Hall–Kier alpha value is -2.74. The Labute approximate surface area is 147 Å². The van der Waals surface area contributed by atoms with Crippen LogP contribution in [0, 0.1) is 28.5 Å². The molecule has 0 radical (unpaired) electrons. The SMILES string of the molecule is N#CC(C#N)=c1s/c(=C/c2ccc(F)cc2)c(=O)n1CC1CCCO1. The van der Waals surface area contributed by atoms with Gasteiger partial charge in [0.05, 0.1) is 17.2 Å². The summed E-state index contributed by atoms with van der Waals surface area (Å²) in [5.74, 6) is -0.357. The minimum atomic E-state index is -0.357. The third-order valence-electron chi connectivity index (χ3n) is 3.92. The first kappa shape index (κ1) is 17.1. The molecular weight excluding hydrogens is 341 g/mol. The molecule has 0 amide bonds. The van der Waals surface area contributed by atoms with Crippen LogP contribution in [0.3, 0.4) is 0 Å². The van der Waals surface area contributed by atoms with Gasteiger partial charge in [0, 0.05) is 6.61 Å². The summed E-state index contributed by atoms with van der Waals surface area (Å²) in [4.78, 5) is 12.8. The van der Waals surface area contributed by atoms with E-state index in [2.05, 4.69) is 0 Å². The lowest BCUT2D eigenvalue weighted by molar-refractivity contribution is 0.0959. The first-order chi connectivity index (χ1) is 12.1. The third kappa shape index (κ3) is 3.69. The van der Waals surface area contributed by atoms with Crippen molar-refractivity contribution in [2.45, 2.75) is 25.5 Å². The number of halogens is 1. The highest BCUT2D eigenvalue weighted by Crippen LogP contribution is 2.12. The molecule has 1 aromatic heterocycles. The highest BCUT2D eigenvalue weighted by Gasteiger charge is 2.19. The van der Waals surface area contributed by atoms with Crippen molar-refractivity contribution in [2.75, 3.05) is 6.61 Å². The van der Waals surface area contributed by atoms with Gasteiger partial charge in [0.1, 0.15) is 22.6 Å². The molecule has 5 nitrogen and oxygen atoms in total. The maximum atomic E-state index is 13.0. The van der Waals surface area contributed by atoms with Crippen molar-refractivity contribution in [2.24, 2.45) is 0 Å². The number of nitriles is 2. The molecule has 1 unspecified atom stereocenters. The highest BCUT2D eigenvalue weighted by molar-refractivity contribution is 7.07. The van der Waals surface area contributed by atoms with E-state index in [9.17, 15) is 19.7 Å². The van der Waals surface area contributed by atoms with Crippen LogP contribution in [-0.4, -0.2) is 17.3 Å². The van der Waals surface area contributed by atoms with Crippen LogP contribution in [0.25, 0.3) is 11.6 Å². The van der Waals surface area contributed by atoms with Gasteiger partial charge in [-0.2, -0.15) is 10.5 Å². The van der Waals surface area contributed by atoms with Crippen molar-refractivity contribution in [3.05, 3.63) is 55.2 Å². The van der Waals surface area contributed by atoms with Gasteiger partial charge in [0.15, 0.2) is 5.57 Å². The molecule has 126 valence electrons. The molecule has 0 aliphatic carbocycles. The molecule has 25 heavy (non-hydrogen) atoms. The summed E-state index contributed by atoms with van der Waals surface area (Å²) in [5, 5.41) is 18.4. The van der Waals surface area contributed by atoms with Crippen molar-refractivity contribution in [1.82, 2.24) is 4.57 Å². The average Bonchev–Trinajstić information content (AvgIpc) is 3.23. The quantitative estimate of drug-likeness (QED) is 0.830. The summed E-state index contributed by atoms with van der Waals surface area (Å²) in [6, 6.07) is 9.45. The number of hydrogen-bond acceptors (Lipinski definition) is 5. The van der Waals surface area contributed by atoms with Crippen molar-refractivity contribution < 1.29 is 9.13 Å². The first-order valence-corrected chi connectivity index (χ1v) is 8.57. The molecule has 2 heterocycles. The maximum Gasteiger partial charge on any atom is 0.269 e. The average molecular weight is 355 g/mol. The zero-order chi connectivity index (χ0) is 17.8. The second-order valence-corrected chi connectivity index (χ2v) is 6.65. The Morgan fingerprint density at radius 2 is 2.08 bits per heavy atom. The summed E-state index contributed by atoms with van der Waals surface area (Å²) < 4.78 is 20.8. The summed E-state index contributed by atoms with van der Waals surface area (Å²) in [6.07, 6.45) is 3.31. The second kappa shape index (κ2) is 7.43. The summed E-state index contributed by atoms with van der Waals surface area (Å²) in [5.41, 5.74) is 0.299. The zero-order valence-corrected chi connectivity index (χ0v) is 14.1. The molecular formula is C18H14FN3O2S. The topological polar surface area (TPSA) is 78.8 Å². The van der Waals surface area contributed by atoms with Gasteiger partial charge in [0.25, 0.3) is 5.56 Å². The van der Waals surface area contributed by atoms with Gasteiger partial charge in [0.2, 0.25) is 0 Å². The molecule has 1 fully saturated rings. The van der Waals surface area contributed by atoms with Gasteiger partial charge in [-0.15, -0.1) is 11.3 Å². The van der Waals surface area contributed by atoms with Crippen LogP contribution < -0.4 is 14.8 Å². The van der Waals surface area contributed by atoms with Crippen LogP contribution in [0.4, 0.5) is 4.39 Å². The van der Waals surface area contributed by atoms with Crippen molar-refractivity contribution in [3.63, 3.8) is 0 Å². The first-order valence-electron chi connectivity index (χ1n) is 7.75. The molecule has 0 bridgehead atoms. The standard InChI is InChI=1S/C18H14FN3O2S/c19-14-5-3-12(4-6-14)8-16-17(23)22(11-15-2-1-7-24-15)18(25-16)13(9-20)10-21/h3-6,8,15H,1-2,7,11H2/b16-8+. The molecule has 0 spiro atoms. The van der Waals surface area contributed by atoms with Crippen LogP contribution >= 0.6 is 11.3 Å². The van der Waals surface area contributed by atoms with Crippen LogP contribution in [0.1, 0.15) is 18.4 Å². The molecule has 2 aromatic rings.